The molecule has 4 heteroatoms. The van der Waals surface area contributed by atoms with Crippen molar-refractivity contribution in [2.24, 2.45) is 9.98 Å². The first-order valence-electron chi connectivity index (χ1n) is 2.52. The number of carbonyl (C=O) groups is 1. The van der Waals surface area contributed by atoms with Crippen LogP contribution in [0.2, 0.25) is 0 Å². The van der Waals surface area contributed by atoms with Crippen molar-refractivity contribution in [3.8, 4) is 0 Å². The highest BCUT2D eigenvalue weighted by Gasteiger charge is 2.12. The van der Waals surface area contributed by atoms with Crippen molar-refractivity contribution in [3.05, 3.63) is 0 Å². The van der Waals surface area contributed by atoms with Gasteiger partial charge in [0.15, 0.2) is 0 Å². The topological polar surface area (TPSA) is 62.0 Å². The van der Waals surface area contributed by atoms with E-state index in [0.717, 1.165) is 0 Å². The van der Waals surface area contributed by atoms with Crippen LogP contribution in [0.15, 0.2) is 9.98 Å². The van der Waals surface area contributed by atoms with Crippen molar-refractivity contribution in [1.82, 2.24) is 0 Å². The van der Waals surface area contributed by atoms with E-state index in [4.69, 9.17) is 5.11 Å². The average Bonchev–Trinajstić information content (AvgIpc) is 2.14. The van der Waals surface area contributed by atoms with Gasteiger partial charge >= 0.3 is 5.97 Å². The lowest BCUT2D eigenvalue weighted by Crippen LogP contribution is -2.13. The van der Waals surface area contributed by atoms with Crippen LogP contribution in [0, 0.1) is 0 Å². The molecule has 0 bridgehead atoms. The monoisotopic (exact) mass is 126 g/mol. The molecule has 0 radical (unpaired) electrons. The van der Waals surface area contributed by atoms with Gasteiger partial charge in [-0.3, -0.25) is 4.99 Å². The Kier molecular flexibility index (Phi) is 1.30. The highest BCUT2D eigenvalue weighted by atomic mass is 16.4. The fraction of sp³-hybridized carbons (Fsp3) is 0.400. The maximum atomic E-state index is 10.1. The number of carboxylic acid groups (broad SMARTS) is 1. The Balaban J connectivity index is 2.71. The van der Waals surface area contributed by atoms with E-state index in [1.54, 1.807) is 6.92 Å². The number of hydrogen-bond acceptors (Lipinski definition) is 3. The molecule has 4 nitrogen and oxygen atoms in total. The van der Waals surface area contributed by atoms with Gasteiger partial charge in [0.05, 0.1) is 6.54 Å². The highest BCUT2D eigenvalue weighted by molar-refractivity contribution is 6.39. The van der Waals surface area contributed by atoms with E-state index in [1.165, 1.54) is 0 Å². The standard InChI is InChI=1S/C5H6N2O2/c1-3-6-2-4(7-3)5(8)9/h2H2,1H3,(H,8,9). The van der Waals surface area contributed by atoms with Crippen LogP contribution in [0.4, 0.5) is 0 Å². The molecule has 9 heavy (non-hydrogen) atoms. The van der Waals surface area contributed by atoms with Crippen molar-refractivity contribution >= 4 is 17.5 Å². The third-order valence-corrected chi connectivity index (χ3v) is 1.00. The van der Waals surface area contributed by atoms with Gasteiger partial charge in [0.1, 0.15) is 11.5 Å². The van der Waals surface area contributed by atoms with Gasteiger partial charge < -0.3 is 5.11 Å². The number of amidine groups is 1. The Labute approximate surface area is 51.9 Å². The SMILES string of the molecule is CC1=NCC(C(=O)O)=N1. The lowest BCUT2D eigenvalue weighted by molar-refractivity contribution is -0.129. The van der Waals surface area contributed by atoms with Gasteiger partial charge in [0.2, 0.25) is 0 Å². The number of aliphatic carboxylic acids is 1. The maximum absolute atomic E-state index is 10.1. The Morgan fingerprint density at radius 2 is 2.44 bits per heavy atom. The maximum Gasteiger partial charge on any atom is 0.352 e. The van der Waals surface area contributed by atoms with Crippen LogP contribution in [0.5, 0.6) is 0 Å². The summed E-state index contributed by atoms with van der Waals surface area (Å²) in [7, 11) is 0. The highest BCUT2D eigenvalue weighted by Crippen LogP contribution is 1.94. The fourth-order valence-corrected chi connectivity index (χ4v) is 0.571. The van der Waals surface area contributed by atoms with E-state index in [2.05, 4.69) is 9.98 Å². The zero-order valence-electron chi connectivity index (χ0n) is 4.96. The summed E-state index contributed by atoms with van der Waals surface area (Å²) in [6.07, 6.45) is 0. The summed E-state index contributed by atoms with van der Waals surface area (Å²) in [6.45, 7) is 1.90. The second kappa shape index (κ2) is 1.97. The third kappa shape index (κ3) is 1.13. The van der Waals surface area contributed by atoms with Crippen LogP contribution in [-0.2, 0) is 4.79 Å². The zero-order valence-corrected chi connectivity index (χ0v) is 4.96. The molecule has 48 valence electrons. The van der Waals surface area contributed by atoms with E-state index in [9.17, 15) is 4.79 Å². The molecule has 0 amide bonds. The molecular weight excluding hydrogens is 120 g/mol. The quantitative estimate of drug-likeness (QED) is 0.535. The van der Waals surface area contributed by atoms with Gasteiger partial charge in [-0.25, -0.2) is 9.79 Å². The number of rotatable bonds is 1. The largest absolute Gasteiger partial charge is 0.477 e. The molecule has 1 N–H and O–H groups in total. The minimum absolute atomic E-state index is 0.132. The molecule has 0 aliphatic carbocycles. The molecule has 1 heterocycles. The lowest BCUT2D eigenvalue weighted by atomic mass is 10.4. The van der Waals surface area contributed by atoms with Crippen LogP contribution in [0.1, 0.15) is 6.92 Å². The van der Waals surface area contributed by atoms with Gasteiger partial charge in [-0.2, -0.15) is 0 Å². The first kappa shape index (κ1) is 5.94. The van der Waals surface area contributed by atoms with Gasteiger partial charge in [-0.1, -0.05) is 0 Å². The minimum Gasteiger partial charge on any atom is -0.477 e. The number of aliphatic imine (C=N–C) groups is 2. The van der Waals surface area contributed by atoms with Crippen molar-refractivity contribution in [2.45, 2.75) is 6.92 Å². The van der Waals surface area contributed by atoms with Crippen LogP contribution in [0.3, 0.4) is 0 Å². The van der Waals surface area contributed by atoms with Gasteiger partial charge in [-0.05, 0) is 6.92 Å². The molecular formula is C5H6N2O2. The molecule has 0 saturated carbocycles. The van der Waals surface area contributed by atoms with E-state index >= 15 is 0 Å². The summed E-state index contributed by atoms with van der Waals surface area (Å²) >= 11 is 0. The Morgan fingerprint density at radius 1 is 1.78 bits per heavy atom. The fourth-order valence-electron chi connectivity index (χ4n) is 0.571. The molecule has 1 rings (SSSR count). The minimum atomic E-state index is -0.976. The molecule has 0 spiro atoms. The van der Waals surface area contributed by atoms with Crippen LogP contribution in [0.25, 0.3) is 0 Å². The van der Waals surface area contributed by atoms with Crippen molar-refractivity contribution < 1.29 is 9.90 Å². The van der Waals surface area contributed by atoms with Crippen LogP contribution < -0.4 is 0 Å². The summed E-state index contributed by atoms with van der Waals surface area (Å²) in [6, 6.07) is 0. The first-order chi connectivity index (χ1) is 4.20. The van der Waals surface area contributed by atoms with Crippen LogP contribution >= 0.6 is 0 Å². The van der Waals surface area contributed by atoms with Gasteiger partial charge in [0.25, 0.3) is 0 Å². The molecule has 0 aromatic rings. The molecule has 0 aromatic heterocycles. The normalized spacial score (nSPS) is 17.0. The van der Waals surface area contributed by atoms with Crippen molar-refractivity contribution in [1.29, 1.82) is 0 Å². The van der Waals surface area contributed by atoms with Crippen LogP contribution in [-0.4, -0.2) is 29.2 Å². The second-order valence-corrected chi connectivity index (χ2v) is 1.73. The second-order valence-electron chi connectivity index (χ2n) is 1.73. The smallest absolute Gasteiger partial charge is 0.352 e. The molecule has 1 aliphatic heterocycles. The Morgan fingerprint density at radius 3 is 2.67 bits per heavy atom. The summed E-state index contributed by atoms with van der Waals surface area (Å²) in [5.41, 5.74) is 0.132. The average molecular weight is 126 g/mol. The summed E-state index contributed by atoms with van der Waals surface area (Å²) in [4.78, 5) is 17.6. The van der Waals surface area contributed by atoms with Crippen molar-refractivity contribution in [2.75, 3.05) is 6.54 Å². The molecule has 0 fully saturated rings. The molecule has 0 unspecified atom stereocenters. The third-order valence-electron chi connectivity index (χ3n) is 1.00. The van der Waals surface area contributed by atoms with E-state index < -0.39 is 5.97 Å². The Hall–Kier alpha value is -1.19. The van der Waals surface area contributed by atoms with E-state index in [-0.39, 0.29) is 12.3 Å². The number of hydrogen-bond donors (Lipinski definition) is 1. The van der Waals surface area contributed by atoms with Gasteiger partial charge in [0, 0.05) is 0 Å². The number of carboxylic acids is 1. The molecule has 0 saturated heterocycles. The summed E-state index contributed by atoms with van der Waals surface area (Å²) in [5, 5.41) is 8.33. The van der Waals surface area contributed by atoms with E-state index in [0.29, 0.717) is 5.84 Å². The lowest BCUT2D eigenvalue weighted by Gasteiger charge is -1.84. The summed E-state index contributed by atoms with van der Waals surface area (Å²) < 4.78 is 0. The predicted molar refractivity (Wildman–Crippen MR) is 33.0 cm³/mol. The van der Waals surface area contributed by atoms with Crippen molar-refractivity contribution in [3.63, 3.8) is 0 Å². The molecule has 1 aliphatic rings. The molecule has 0 aromatic carbocycles. The van der Waals surface area contributed by atoms with E-state index in [1.807, 2.05) is 0 Å². The number of nitrogens with zero attached hydrogens (tertiary/aromatic N) is 2. The first-order valence-corrected chi connectivity index (χ1v) is 2.52. The summed E-state index contributed by atoms with van der Waals surface area (Å²) in [5.74, 6) is -0.428. The zero-order chi connectivity index (χ0) is 6.85. The molecule has 0 atom stereocenters. The van der Waals surface area contributed by atoms with Gasteiger partial charge in [-0.15, -0.1) is 0 Å². The predicted octanol–water partition coefficient (Wildman–Crippen LogP) is -0.0560. The Bertz CT molecular complexity index is 205.